The highest BCUT2D eigenvalue weighted by atomic mass is 19.4. The Morgan fingerprint density at radius 3 is 2.31 bits per heavy atom. The van der Waals surface area contributed by atoms with Crippen LogP contribution < -0.4 is 15.4 Å². The van der Waals surface area contributed by atoms with E-state index < -0.39 is 12.6 Å². The third kappa shape index (κ3) is 9.50. The molecule has 1 rings (SSSR count). The summed E-state index contributed by atoms with van der Waals surface area (Å²) in [7, 11) is 1.52. The molecule has 0 aromatic heterocycles. The molecule has 0 radical (unpaired) electrons. The summed E-state index contributed by atoms with van der Waals surface area (Å²) in [6.45, 7) is 8.03. The van der Waals surface area contributed by atoms with Gasteiger partial charge in [-0.05, 0) is 30.8 Å². The molecule has 1 aromatic carbocycles. The fraction of sp³-hybridized carbons (Fsp3) is 0.611. The van der Waals surface area contributed by atoms with Crippen LogP contribution in [0.1, 0.15) is 25.8 Å². The van der Waals surface area contributed by atoms with Gasteiger partial charge in [0.25, 0.3) is 0 Å². The van der Waals surface area contributed by atoms with E-state index >= 15 is 0 Å². The molecule has 0 heterocycles. The molecule has 1 aromatic rings. The predicted molar refractivity (Wildman–Crippen MR) is 98.6 cm³/mol. The highest BCUT2D eigenvalue weighted by Crippen LogP contribution is 2.18. The number of guanidine groups is 1. The van der Waals surface area contributed by atoms with Crippen molar-refractivity contribution in [3.63, 3.8) is 0 Å². The number of hydrogen-bond donors (Lipinski definition) is 2. The Labute approximate surface area is 153 Å². The number of ether oxygens (including phenoxy) is 1. The summed E-state index contributed by atoms with van der Waals surface area (Å²) in [4.78, 5) is 6.20. The quantitative estimate of drug-likeness (QED) is 0.488. The fourth-order valence-corrected chi connectivity index (χ4v) is 2.26. The van der Waals surface area contributed by atoms with Gasteiger partial charge in [0.1, 0.15) is 12.4 Å². The number of halogens is 3. The average molecular weight is 374 g/mol. The van der Waals surface area contributed by atoms with Gasteiger partial charge in [0.15, 0.2) is 5.96 Å². The summed E-state index contributed by atoms with van der Waals surface area (Å²) in [5, 5.41) is 5.64. The van der Waals surface area contributed by atoms with Gasteiger partial charge in [-0.2, -0.15) is 13.2 Å². The Bertz CT molecular complexity index is 528. The SMILES string of the molecule is CCN(CC)CCOc1ccc(CNC(=NC)NCCC(F)(F)F)cc1. The summed E-state index contributed by atoms with van der Waals surface area (Å²) in [6, 6.07) is 7.61. The predicted octanol–water partition coefficient (Wildman–Crippen LogP) is 3.02. The monoisotopic (exact) mass is 374 g/mol. The van der Waals surface area contributed by atoms with E-state index in [1.54, 1.807) is 0 Å². The minimum absolute atomic E-state index is 0.206. The van der Waals surface area contributed by atoms with Crippen molar-refractivity contribution in [2.75, 3.05) is 39.8 Å². The van der Waals surface area contributed by atoms with Gasteiger partial charge in [-0.3, -0.25) is 4.99 Å². The highest BCUT2D eigenvalue weighted by molar-refractivity contribution is 5.79. The van der Waals surface area contributed by atoms with Gasteiger partial charge in [-0.15, -0.1) is 0 Å². The molecule has 0 aliphatic rings. The van der Waals surface area contributed by atoms with Crippen molar-refractivity contribution in [1.82, 2.24) is 15.5 Å². The van der Waals surface area contributed by atoms with Crippen LogP contribution in [0.3, 0.4) is 0 Å². The number of alkyl halides is 3. The molecule has 0 bridgehead atoms. The molecule has 5 nitrogen and oxygen atoms in total. The molecule has 0 aliphatic heterocycles. The zero-order valence-corrected chi connectivity index (χ0v) is 15.7. The van der Waals surface area contributed by atoms with Crippen molar-refractivity contribution in [1.29, 1.82) is 0 Å². The fourth-order valence-electron chi connectivity index (χ4n) is 2.26. The first-order valence-corrected chi connectivity index (χ1v) is 8.83. The van der Waals surface area contributed by atoms with Crippen molar-refractivity contribution in [2.45, 2.75) is 33.0 Å². The molecule has 0 aliphatic carbocycles. The lowest BCUT2D eigenvalue weighted by molar-refractivity contribution is -0.132. The Morgan fingerprint density at radius 2 is 1.77 bits per heavy atom. The van der Waals surface area contributed by atoms with Gasteiger partial charge in [-0.1, -0.05) is 26.0 Å². The van der Waals surface area contributed by atoms with Crippen LogP contribution >= 0.6 is 0 Å². The van der Waals surface area contributed by atoms with E-state index in [4.69, 9.17) is 4.74 Å². The lowest BCUT2D eigenvalue weighted by Gasteiger charge is -2.18. The Morgan fingerprint density at radius 1 is 1.12 bits per heavy atom. The smallest absolute Gasteiger partial charge is 0.390 e. The first-order chi connectivity index (χ1) is 12.4. The van der Waals surface area contributed by atoms with Gasteiger partial charge < -0.3 is 20.3 Å². The third-order valence-electron chi connectivity index (χ3n) is 3.88. The van der Waals surface area contributed by atoms with Gasteiger partial charge in [0.2, 0.25) is 0 Å². The zero-order chi connectivity index (χ0) is 19.4. The number of nitrogens with zero attached hydrogens (tertiary/aromatic N) is 2. The number of hydrogen-bond acceptors (Lipinski definition) is 3. The molecule has 0 fully saturated rings. The second-order valence-corrected chi connectivity index (χ2v) is 5.74. The van der Waals surface area contributed by atoms with Gasteiger partial charge >= 0.3 is 6.18 Å². The topological polar surface area (TPSA) is 48.9 Å². The lowest BCUT2D eigenvalue weighted by Crippen LogP contribution is -2.38. The Kier molecular flexibility index (Phi) is 9.87. The second-order valence-electron chi connectivity index (χ2n) is 5.74. The first-order valence-electron chi connectivity index (χ1n) is 8.83. The van der Waals surface area contributed by atoms with Crippen LogP contribution in [0, 0.1) is 0 Å². The zero-order valence-electron chi connectivity index (χ0n) is 15.7. The maximum Gasteiger partial charge on any atom is 0.390 e. The van der Waals surface area contributed by atoms with Gasteiger partial charge in [0.05, 0.1) is 6.42 Å². The van der Waals surface area contributed by atoms with E-state index in [0.29, 0.717) is 19.1 Å². The normalized spacial score (nSPS) is 12.3. The minimum atomic E-state index is -4.17. The van der Waals surface area contributed by atoms with Crippen LogP contribution in [0.25, 0.3) is 0 Å². The van der Waals surface area contributed by atoms with Crippen LogP contribution in [0.4, 0.5) is 13.2 Å². The van der Waals surface area contributed by atoms with Crippen LogP contribution in [-0.4, -0.2) is 56.9 Å². The number of nitrogens with one attached hydrogen (secondary N) is 2. The maximum absolute atomic E-state index is 12.2. The second kappa shape index (κ2) is 11.6. The van der Waals surface area contributed by atoms with E-state index in [2.05, 4.69) is 34.4 Å². The van der Waals surface area contributed by atoms with Crippen molar-refractivity contribution >= 4 is 5.96 Å². The maximum atomic E-state index is 12.2. The van der Waals surface area contributed by atoms with Crippen molar-refractivity contribution in [2.24, 2.45) is 4.99 Å². The van der Waals surface area contributed by atoms with Crippen LogP contribution in [-0.2, 0) is 6.54 Å². The highest BCUT2D eigenvalue weighted by Gasteiger charge is 2.26. The summed E-state index contributed by atoms with van der Waals surface area (Å²) in [6.07, 6.45) is -5.07. The van der Waals surface area contributed by atoms with E-state index in [1.807, 2.05) is 24.3 Å². The number of rotatable bonds is 10. The van der Waals surface area contributed by atoms with Crippen molar-refractivity contribution in [3.05, 3.63) is 29.8 Å². The molecular weight excluding hydrogens is 345 g/mol. The standard InChI is InChI=1S/C18H29F3N4O/c1-4-25(5-2)12-13-26-16-8-6-15(7-9-16)14-24-17(22-3)23-11-10-18(19,20)21/h6-9H,4-5,10-14H2,1-3H3,(H2,22,23,24). The van der Waals surface area contributed by atoms with Crippen LogP contribution in [0.15, 0.2) is 29.3 Å². The molecule has 2 N–H and O–H groups in total. The molecule has 0 spiro atoms. The molecule has 0 atom stereocenters. The van der Waals surface area contributed by atoms with E-state index in [9.17, 15) is 13.2 Å². The average Bonchev–Trinajstić information content (AvgIpc) is 2.61. The summed E-state index contributed by atoms with van der Waals surface area (Å²) in [5.41, 5.74) is 0.986. The van der Waals surface area contributed by atoms with Crippen molar-refractivity contribution in [3.8, 4) is 5.75 Å². The largest absolute Gasteiger partial charge is 0.492 e. The number of aliphatic imine (C=N–C) groups is 1. The van der Waals surface area contributed by atoms with Crippen LogP contribution in [0.5, 0.6) is 5.75 Å². The number of benzene rings is 1. The van der Waals surface area contributed by atoms with Crippen molar-refractivity contribution < 1.29 is 17.9 Å². The molecule has 26 heavy (non-hydrogen) atoms. The Hall–Kier alpha value is -1.96. The summed E-state index contributed by atoms with van der Waals surface area (Å²) in [5.74, 6) is 1.14. The van der Waals surface area contributed by atoms with E-state index in [0.717, 1.165) is 30.9 Å². The Balaban J connectivity index is 2.34. The number of likely N-dealkylation sites (N-methyl/N-ethyl adjacent to an activating group) is 1. The molecule has 148 valence electrons. The minimum Gasteiger partial charge on any atom is -0.492 e. The first kappa shape index (κ1) is 22.1. The van der Waals surface area contributed by atoms with Crippen LogP contribution in [0.2, 0.25) is 0 Å². The molecule has 0 saturated heterocycles. The van der Waals surface area contributed by atoms with Gasteiger partial charge in [0, 0.05) is 26.7 Å². The molecule has 0 unspecified atom stereocenters. The third-order valence-corrected chi connectivity index (χ3v) is 3.88. The van der Waals surface area contributed by atoms with Gasteiger partial charge in [-0.25, -0.2) is 0 Å². The summed E-state index contributed by atoms with van der Waals surface area (Å²) >= 11 is 0. The lowest BCUT2D eigenvalue weighted by atomic mass is 10.2. The molecule has 0 saturated carbocycles. The molecule has 8 heteroatoms. The summed E-state index contributed by atoms with van der Waals surface area (Å²) < 4.78 is 42.2. The van der Waals surface area contributed by atoms with E-state index in [1.165, 1.54) is 7.05 Å². The molecule has 0 amide bonds. The molecular formula is C18H29F3N4O. The van der Waals surface area contributed by atoms with E-state index in [-0.39, 0.29) is 6.54 Å².